The molecule has 0 radical (unpaired) electrons. The van der Waals surface area contributed by atoms with Gasteiger partial charge in [0.2, 0.25) is 0 Å². The van der Waals surface area contributed by atoms with Gasteiger partial charge in [0.05, 0.1) is 12.2 Å². The molecule has 0 aliphatic rings. The van der Waals surface area contributed by atoms with Gasteiger partial charge >= 0.3 is 5.97 Å². The number of hydrogen-bond donors (Lipinski definition) is 1. The molecule has 0 atom stereocenters. The summed E-state index contributed by atoms with van der Waals surface area (Å²) in [4.78, 5) is 20.6. The molecule has 1 heterocycles. The predicted octanol–water partition coefficient (Wildman–Crippen LogP) is 4.49. The van der Waals surface area contributed by atoms with Gasteiger partial charge in [0.15, 0.2) is 5.16 Å². The number of carbonyl (C=O) groups excluding carboxylic acids is 1. The fourth-order valence-corrected chi connectivity index (χ4v) is 2.28. The van der Waals surface area contributed by atoms with Crippen LogP contribution in [-0.4, -0.2) is 28.8 Å². The molecule has 0 unspecified atom stereocenters. The van der Waals surface area contributed by atoms with Crippen molar-refractivity contribution in [1.29, 1.82) is 0 Å². The minimum atomic E-state index is -0.298. The molecule has 2 rings (SSSR count). The smallest absolute Gasteiger partial charge is 0.338 e. The summed E-state index contributed by atoms with van der Waals surface area (Å²) < 4.78 is 5.21. The fraction of sp³-hybridized carbons (Fsp3) is 0.353. The number of esters is 1. The lowest BCUT2D eigenvalue weighted by atomic mass is 10.2. The average molecular weight is 368 g/mol. The third-order valence-corrected chi connectivity index (χ3v) is 3.50. The lowest BCUT2D eigenvalue weighted by molar-refractivity contribution is 0.0459. The van der Waals surface area contributed by atoms with Gasteiger partial charge < -0.3 is 10.1 Å². The molecular weight excluding hydrogens is 346 g/mol. The Bertz CT molecular complexity index is 678. The number of aromatic nitrogens is 2. The van der Waals surface area contributed by atoms with Gasteiger partial charge in [-0.2, -0.15) is 0 Å². The van der Waals surface area contributed by atoms with E-state index in [1.54, 1.807) is 12.1 Å². The normalized spacial score (nSPS) is 10.2. The van der Waals surface area contributed by atoms with Crippen LogP contribution in [0.1, 0.15) is 29.9 Å². The van der Waals surface area contributed by atoms with Crippen molar-refractivity contribution in [1.82, 2.24) is 9.97 Å². The molecule has 0 amide bonds. The number of thioether (sulfide) groups is 1. The van der Waals surface area contributed by atoms with E-state index in [9.17, 15) is 4.79 Å². The van der Waals surface area contributed by atoms with E-state index >= 15 is 0 Å². The number of anilines is 2. The van der Waals surface area contributed by atoms with E-state index in [0.29, 0.717) is 18.1 Å². The van der Waals surface area contributed by atoms with Crippen LogP contribution in [0.5, 0.6) is 0 Å². The number of ether oxygens (including phenoxy) is 1. The maximum absolute atomic E-state index is 11.9. The number of carbonyl (C=O) groups is 1. The number of nitrogens with one attached hydrogen (secondary N) is 1. The fourth-order valence-electron chi connectivity index (χ4n) is 1.86. The molecule has 5 nitrogen and oxygen atoms in total. The summed E-state index contributed by atoms with van der Waals surface area (Å²) in [6.07, 6.45) is 1.94. The topological polar surface area (TPSA) is 64.1 Å². The van der Waals surface area contributed by atoms with Gasteiger partial charge in [0.1, 0.15) is 5.82 Å². The summed E-state index contributed by atoms with van der Waals surface area (Å²) in [7, 11) is 0. The molecule has 7 heteroatoms. The quantitative estimate of drug-likeness (QED) is 0.461. The number of halogens is 1. The maximum atomic E-state index is 11.9. The molecule has 0 aliphatic carbocycles. The van der Waals surface area contributed by atoms with E-state index in [2.05, 4.69) is 15.3 Å². The summed E-state index contributed by atoms with van der Waals surface area (Å²) >= 11 is 1.50. The van der Waals surface area contributed by atoms with Crippen molar-refractivity contribution in [3.63, 3.8) is 0 Å². The van der Waals surface area contributed by atoms with E-state index < -0.39 is 0 Å². The number of benzene rings is 1. The van der Waals surface area contributed by atoms with Crippen LogP contribution < -0.4 is 5.32 Å². The lowest BCUT2D eigenvalue weighted by Crippen LogP contribution is -2.10. The van der Waals surface area contributed by atoms with Crippen LogP contribution in [0.3, 0.4) is 0 Å². The third-order valence-electron chi connectivity index (χ3n) is 2.96. The van der Waals surface area contributed by atoms with Crippen molar-refractivity contribution in [2.45, 2.75) is 25.9 Å². The zero-order valence-corrected chi connectivity index (χ0v) is 15.8. The first-order valence-electron chi connectivity index (χ1n) is 7.42. The first-order valence-corrected chi connectivity index (χ1v) is 8.64. The molecule has 0 fully saturated rings. The van der Waals surface area contributed by atoms with E-state index in [1.165, 1.54) is 11.8 Å². The Morgan fingerprint density at radius 1 is 1.25 bits per heavy atom. The summed E-state index contributed by atoms with van der Waals surface area (Å²) in [5, 5.41) is 3.94. The van der Waals surface area contributed by atoms with Gasteiger partial charge in [-0.25, -0.2) is 14.8 Å². The highest BCUT2D eigenvalue weighted by atomic mass is 35.5. The predicted molar refractivity (Wildman–Crippen MR) is 101 cm³/mol. The maximum Gasteiger partial charge on any atom is 0.338 e. The highest BCUT2D eigenvalue weighted by molar-refractivity contribution is 7.98. The van der Waals surface area contributed by atoms with Crippen molar-refractivity contribution in [2.75, 3.05) is 18.2 Å². The Morgan fingerprint density at radius 2 is 1.92 bits per heavy atom. The minimum Gasteiger partial charge on any atom is -0.462 e. The molecule has 24 heavy (non-hydrogen) atoms. The van der Waals surface area contributed by atoms with Crippen LogP contribution in [-0.2, 0) is 4.74 Å². The molecule has 2 aromatic rings. The van der Waals surface area contributed by atoms with E-state index in [1.807, 2.05) is 45.2 Å². The van der Waals surface area contributed by atoms with Gasteiger partial charge in [0.25, 0.3) is 0 Å². The van der Waals surface area contributed by atoms with Gasteiger partial charge in [-0.3, -0.25) is 0 Å². The number of aryl methyl sites for hydroxylation is 1. The number of hydrogen-bond acceptors (Lipinski definition) is 6. The number of nitrogens with zero attached hydrogens (tertiary/aromatic N) is 2. The van der Waals surface area contributed by atoms with E-state index in [4.69, 9.17) is 4.74 Å². The first kappa shape index (κ1) is 20.3. The number of rotatable bonds is 6. The summed E-state index contributed by atoms with van der Waals surface area (Å²) in [5.74, 6) is 0.760. The zero-order chi connectivity index (χ0) is 16.8. The third kappa shape index (κ3) is 6.02. The highest BCUT2D eigenvalue weighted by Gasteiger charge is 2.08. The molecular formula is C17H22ClN3O2S. The second-order valence-electron chi connectivity index (χ2n) is 5.58. The average Bonchev–Trinajstić information content (AvgIpc) is 2.52. The van der Waals surface area contributed by atoms with Gasteiger partial charge in [-0.1, -0.05) is 25.6 Å². The molecule has 0 saturated carbocycles. The van der Waals surface area contributed by atoms with Crippen LogP contribution in [0.4, 0.5) is 11.5 Å². The Hall–Kier alpha value is -1.79. The Labute approximate surface area is 153 Å². The van der Waals surface area contributed by atoms with Crippen molar-refractivity contribution in [3.8, 4) is 0 Å². The highest BCUT2D eigenvalue weighted by Crippen LogP contribution is 2.19. The standard InChI is InChI=1S/C17H21N3O2S.ClH/c1-11(2)10-22-16(21)13-5-7-14(8-6-13)19-15-9-12(3)18-17(20-15)23-4;/h5-9,11H,10H2,1-4H3,(H,18,19,20);1H. The first-order chi connectivity index (χ1) is 11.0. The molecule has 0 spiro atoms. The van der Waals surface area contributed by atoms with Gasteiger partial charge in [-0.15, -0.1) is 12.4 Å². The molecule has 0 saturated heterocycles. The van der Waals surface area contributed by atoms with Crippen LogP contribution in [0.25, 0.3) is 0 Å². The molecule has 0 bridgehead atoms. The van der Waals surface area contributed by atoms with Crippen molar-refractivity contribution >= 4 is 41.6 Å². The van der Waals surface area contributed by atoms with Crippen molar-refractivity contribution in [2.24, 2.45) is 5.92 Å². The van der Waals surface area contributed by atoms with Gasteiger partial charge in [-0.05, 0) is 43.4 Å². The SMILES string of the molecule is CSc1nc(C)cc(Nc2ccc(C(=O)OCC(C)C)cc2)n1.Cl. The monoisotopic (exact) mass is 367 g/mol. The van der Waals surface area contributed by atoms with Gasteiger partial charge in [0, 0.05) is 17.4 Å². The molecule has 1 N–H and O–H groups in total. The van der Waals surface area contributed by atoms with Crippen LogP contribution >= 0.6 is 24.2 Å². The Kier molecular flexibility index (Phi) is 8.01. The van der Waals surface area contributed by atoms with Crippen LogP contribution in [0.15, 0.2) is 35.5 Å². The largest absolute Gasteiger partial charge is 0.462 e. The molecule has 130 valence electrons. The van der Waals surface area contributed by atoms with Crippen LogP contribution in [0, 0.1) is 12.8 Å². The Balaban J connectivity index is 0.00000288. The molecule has 1 aromatic carbocycles. The lowest BCUT2D eigenvalue weighted by Gasteiger charge is -2.09. The second-order valence-corrected chi connectivity index (χ2v) is 6.35. The van der Waals surface area contributed by atoms with Crippen LogP contribution in [0.2, 0.25) is 0 Å². The molecule has 1 aromatic heterocycles. The summed E-state index contributed by atoms with van der Waals surface area (Å²) in [5.41, 5.74) is 2.30. The van der Waals surface area contributed by atoms with E-state index in [-0.39, 0.29) is 18.4 Å². The minimum absolute atomic E-state index is 0. The zero-order valence-electron chi connectivity index (χ0n) is 14.2. The van der Waals surface area contributed by atoms with Crippen molar-refractivity contribution < 1.29 is 9.53 Å². The second kappa shape index (κ2) is 9.49. The molecule has 0 aliphatic heterocycles. The Morgan fingerprint density at radius 3 is 2.50 bits per heavy atom. The van der Waals surface area contributed by atoms with E-state index in [0.717, 1.165) is 22.4 Å². The summed E-state index contributed by atoms with van der Waals surface area (Å²) in [6, 6.07) is 9.04. The summed E-state index contributed by atoms with van der Waals surface area (Å²) in [6.45, 7) is 6.37. The van der Waals surface area contributed by atoms with Crippen molar-refractivity contribution in [3.05, 3.63) is 41.6 Å².